The van der Waals surface area contributed by atoms with E-state index in [4.69, 9.17) is 22.9 Å². The fourth-order valence-corrected chi connectivity index (χ4v) is 3.49. The van der Waals surface area contributed by atoms with E-state index in [-0.39, 0.29) is 42.8 Å². The average molecular weight is 628 g/mol. The van der Waals surface area contributed by atoms with Gasteiger partial charge >= 0.3 is 17.1 Å². The molecule has 41 heavy (non-hydrogen) atoms. The molecule has 2 aromatic heterocycles. The van der Waals surface area contributed by atoms with E-state index in [2.05, 4.69) is 30.6 Å². The fourth-order valence-electron chi connectivity index (χ4n) is 3.49. The van der Waals surface area contributed by atoms with Crippen LogP contribution in [0.3, 0.4) is 0 Å². The van der Waals surface area contributed by atoms with Gasteiger partial charge in [-0.1, -0.05) is 0 Å². The van der Waals surface area contributed by atoms with Crippen LogP contribution in [0.15, 0.2) is 25.0 Å². The number of aromatic amines is 2. The van der Waals surface area contributed by atoms with Crippen LogP contribution in [0.25, 0.3) is 0 Å². The summed E-state index contributed by atoms with van der Waals surface area (Å²) in [4.78, 5) is 58.9. The number of carboxylic acid groups (broad SMARTS) is 2. The molecule has 17 heteroatoms. The van der Waals surface area contributed by atoms with Gasteiger partial charge in [-0.25, -0.2) is 9.97 Å². The van der Waals surface area contributed by atoms with Crippen molar-refractivity contribution in [3.63, 3.8) is 0 Å². The van der Waals surface area contributed by atoms with Gasteiger partial charge in [0.1, 0.15) is 0 Å². The maximum absolute atomic E-state index is 11.8. The third-order valence-corrected chi connectivity index (χ3v) is 5.76. The molecule has 0 aliphatic rings. The van der Waals surface area contributed by atoms with Crippen molar-refractivity contribution in [2.45, 2.75) is 75.5 Å². The number of aliphatic carboxylic acids is 2. The van der Waals surface area contributed by atoms with Crippen LogP contribution >= 0.6 is 0 Å². The molecule has 16 nitrogen and oxygen atoms in total. The summed E-state index contributed by atoms with van der Waals surface area (Å²) in [7, 11) is 0. The number of hydrogen-bond donors (Lipinski definition) is 8. The first-order chi connectivity index (χ1) is 19.1. The molecule has 2 amide bonds. The number of nitrogens with zero attached hydrogens (tertiary/aromatic N) is 2. The smallest absolute Gasteiger partial charge is 0.548 e. The Morgan fingerprint density at radius 3 is 1.37 bits per heavy atom. The van der Waals surface area contributed by atoms with E-state index in [0.717, 1.165) is 0 Å². The predicted octanol–water partition coefficient (Wildman–Crippen LogP) is -4.72. The van der Waals surface area contributed by atoms with E-state index in [1.54, 1.807) is 12.4 Å². The van der Waals surface area contributed by atoms with E-state index in [9.17, 15) is 29.4 Å². The van der Waals surface area contributed by atoms with E-state index in [0.29, 0.717) is 50.2 Å². The standard InChI is InChI=1S/2C12H21N5O3.Cu/c2*13-4-2-1-3-10(12(19)20)17-11(18)9(14)5-8-6-15-7-16-8;/h2*6-7,9-10H,1-5,13-14H2,(H,15,16)(H,17,18)(H,19,20);/q;;+2/p-2/t2*9-,10-;/m00./s1. The number of carbonyl (C=O) groups is 4. The first-order valence-electron chi connectivity index (χ1n) is 13.0. The zero-order valence-electron chi connectivity index (χ0n) is 22.6. The second-order valence-corrected chi connectivity index (χ2v) is 9.10. The van der Waals surface area contributed by atoms with Gasteiger partial charge in [0.15, 0.2) is 0 Å². The molecule has 0 bridgehead atoms. The fraction of sp³-hybridized carbons (Fsp3) is 0.583. The van der Waals surface area contributed by atoms with Crippen LogP contribution in [0.2, 0.25) is 0 Å². The summed E-state index contributed by atoms with van der Waals surface area (Å²) in [6.45, 7) is 0.958. The largest absolute Gasteiger partial charge is 2.00 e. The molecule has 4 atom stereocenters. The van der Waals surface area contributed by atoms with Crippen LogP contribution in [-0.2, 0) is 49.1 Å². The van der Waals surface area contributed by atoms with Crippen molar-refractivity contribution in [2.75, 3.05) is 13.1 Å². The molecule has 233 valence electrons. The number of H-pyrrole nitrogens is 2. The molecule has 0 aromatic carbocycles. The number of nitrogens with one attached hydrogen (secondary N) is 4. The molecule has 1 radical (unpaired) electrons. The molecule has 0 saturated heterocycles. The summed E-state index contributed by atoms with van der Waals surface area (Å²) in [5.41, 5.74) is 23.5. The summed E-state index contributed by atoms with van der Waals surface area (Å²) in [6.07, 6.45) is 9.76. The van der Waals surface area contributed by atoms with Crippen molar-refractivity contribution in [1.29, 1.82) is 0 Å². The number of aromatic nitrogens is 4. The van der Waals surface area contributed by atoms with E-state index in [1.807, 2.05) is 0 Å². The summed E-state index contributed by atoms with van der Waals surface area (Å²) >= 11 is 0. The van der Waals surface area contributed by atoms with Gasteiger partial charge in [-0.05, 0) is 51.6 Å². The minimum Gasteiger partial charge on any atom is -0.548 e. The Kier molecular flexibility index (Phi) is 19.7. The maximum atomic E-state index is 11.8. The maximum Gasteiger partial charge on any atom is 2.00 e. The Morgan fingerprint density at radius 2 is 1.10 bits per heavy atom. The van der Waals surface area contributed by atoms with Crippen LogP contribution in [0.4, 0.5) is 0 Å². The van der Waals surface area contributed by atoms with Crippen LogP contribution in [0.1, 0.15) is 49.9 Å². The first kappa shape index (κ1) is 37.7. The summed E-state index contributed by atoms with van der Waals surface area (Å²) < 4.78 is 0. The van der Waals surface area contributed by atoms with Gasteiger partial charge in [-0.15, -0.1) is 0 Å². The second kappa shape index (κ2) is 21.4. The summed E-state index contributed by atoms with van der Waals surface area (Å²) in [6, 6.07) is -3.76. The second-order valence-electron chi connectivity index (χ2n) is 9.10. The molecule has 0 aliphatic carbocycles. The molecular weight excluding hydrogens is 588 g/mol. The minimum atomic E-state index is -1.32. The van der Waals surface area contributed by atoms with Gasteiger partial charge < -0.3 is 63.3 Å². The Bertz CT molecular complexity index is 929. The van der Waals surface area contributed by atoms with Crippen molar-refractivity contribution in [3.05, 3.63) is 36.4 Å². The Hall–Kier alpha value is -3.34. The average Bonchev–Trinajstić information content (AvgIpc) is 3.62. The number of carbonyl (C=O) groups excluding carboxylic acids is 4. The Balaban J connectivity index is 0.000000762. The monoisotopic (exact) mass is 627 g/mol. The molecule has 12 N–H and O–H groups in total. The summed E-state index contributed by atoms with van der Waals surface area (Å²) in [5, 5.41) is 26.7. The first-order valence-corrected chi connectivity index (χ1v) is 13.0. The number of hydrogen-bond acceptors (Lipinski definition) is 12. The molecule has 0 fully saturated rings. The van der Waals surface area contributed by atoms with Gasteiger partial charge in [0.05, 0.1) is 48.8 Å². The van der Waals surface area contributed by atoms with Crippen LogP contribution in [0.5, 0.6) is 0 Å². The zero-order chi connectivity index (χ0) is 29.9. The zero-order valence-corrected chi connectivity index (χ0v) is 23.6. The molecule has 2 rings (SSSR count). The number of nitrogens with two attached hydrogens (primary N) is 4. The van der Waals surface area contributed by atoms with Crippen LogP contribution in [0, 0.1) is 0 Å². The molecule has 0 aliphatic heterocycles. The molecule has 0 saturated carbocycles. The number of amides is 2. The van der Waals surface area contributed by atoms with Crippen LogP contribution < -0.4 is 43.8 Å². The third kappa shape index (κ3) is 15.9. The van der Waals surface area contributed by atoms with Gasteiger partial charge in [0, 0.05) is 36.6 Å². The van der Waals surface area contributed by atoms with Crippen molar-refractivity contribution in [3.8, 4) is 0 Å². The van der Waals surface area contributed by atoms with E-state index in [1.165, 1.54) is 12.7 Å². The molecule has 0 spiro atoms. The SMILES string of the molecule is NCCCC[C@H](NC(=O)[C@@H](N)Cc1cnc[nH]1)C(=O)[O-].NCCCC[C@H](NC(=O)[C@@H](N)Cc1cnc[nH]1)C(=O)[O-].[Cu+2]. The number of imidazole rings is 2. The van der Waals surface area contributed by atoms with Crippen LogP contribution in [-0.4, -0.2) is 80.9 Å². The minimum absolute atomic E-state index is 0. The van der Waals surface area contributed by atoms with Gasteiger partial charge in [0.25, 0.3) is 0 Å². The molecule has 0 unspecified atom stereocenters. The van der Waals surface area contributed by atoms with Crippen molar-refractivity contribution < 1.29 is 46.5 Å². The van der Waals surface area contributed by atoms with Crippen molar-refractivity contribution in [1.82, 2.24) is 30.6 Å². The Labute approximate surface area is 248 Å². The predicted molar refractivity (Wildman–Crippen MR) is 140 cm³/mol. The number of rotatable bonds is 18. The molecular formula is C24H40CuN10O6. The summed E-state index contributed by atoms with van der Waals surface area (Å²) in [5.74, 6) is -3.68. The van der Waals surface area contributed by atoms with Gasteiger partial charge in [0.2, 0.25) is 11.8 Å². The Morgan fingerprint density at radius 1 is 0.732 bits per heavy atom. The normalized spacial score (nSPS) is 13.4. The molecule has 2 aromatic rings. The van der Waals surface area contributed by atoms with Crippen molar-refractivity contribution in [2.24, 2.45) is 22.9 Å². The topological polar surface area (TPSA) is 300 Å². The number of unbranched alkanes of at least 4 members (excludes halogenated alkanes) is 2. The van der Waals surface area contributed by atoms with Gasteiger partial charge in [-0.2, -0.15) is 0 Å². The molecule has 2 heterocycles. The van der Waals surface area contributed by atoms with Crippen molar-refractivity contribution >= 4 is 23.8 Å². The number of carboxylic acids is 2. The van der Waals surface area contributed by atoms with E-state index >= 15 is 0 Å². The quantitative estimate of drug-likeness (QED) is 0.0571. The van der Waals surface area contributed by atoms with Gasteiger partial charge in [-0.3, -0.25) is 9.59 Å². The van der Waals surface area contributed by atoms with E-state index < -0.39 is 47.9 Å². The third-order valence-electron chi connectivity index (χ3n) is 5.76.